The molecule has 6 nitrogen and oxygen atoms in total. The van der Waals surface area contributed by atoms with Gasteiger partial charge in [-0.2, -0.15) is 0 Å². The van der Waals surface area contributed by atoms with Gasteiger partial charge in [0.25, 0.3) is 0 Å². The smallest absolute Gasteiger partial charge is 0.247 e. The number of benzene rings is 2. The van der Waals surface area contributed by atoms with Crippen LogP contribution in [0, 0.1) is 17.6 Å². The highest BCUT2D eigenvalue weighted by Crippen LogP contribution is 2.27. The lowest BCUT2D eigenvalue weighted by Crippen LogP contribution is -2.54. The molecule has 33 heavy (non-hydrogen) atoms. The van der Waals surface area contributed by atoms with Gasteiger partial charge >= 0.3 is 0 Å². The van der Waals surface area contributed by atoms with Crippen LogP contribution in [-0.2, 0) is 18.0 Å². The van der Waals surface area contributed by atoms with Crippen LogP contribution in [0.3, 0.4) is 0 Å². The van der Waals surface area contributed by atoms with E-state index in [1.807, 2.05) is 0 Å². The van der Waals surface area contributed by atoms with Gasteiger partial charge in [0, 0.05) is 29.9 Å². The molecule has 4 rings (SSSR count). The number of alkyl halides is 1. The molecule has 0 N–H and O–H groups in total. The lowest BCUT2D eigenvalue weighted by atomic mass is 9.97. The van der Waals surface area contributed by atoms with Gasteiger partial charge < -0.3 is 14.2 Å². The van der Waals surface area contributed by atoms with E-state index in [4.69, 9.17) is 4.42 Å². The van der Waals surface area contributed by atoms with Crippen LogP contribution in [0.25, 0.3) is 11.5 Å². The topological polar surface area (TPSA) is 62.5 Å². The van der Waals surface area contributed by atoms with E-state index in [2.05, 4.69) is 22.0 Å². The van der Waals surface area contributed by atoms with E-state index in [0.29, 0.717) is 24.3 Å². The second kappa shape index (κ2) is 10.2. The molecule has 9 heteroatoms. The molecule has 1 saturated heterocycles. The largest absolute Gasteiger partial charge is 0.418 e. The summed E-state index contributed by atoms with van der Waals surface area (Å²) in [5, 5.41) is 7.25. The SMILES string of the molecule is CCCCN1CC(C(=O)N(Cc2ccc(-c3nnc(CF)o3)cc2F)c2cccc(F)c2)C1. The van der Waals surface area contributed by atoms with E-state index in [1.165, 1.54) is 35.2 Å². The van der Waals surface area contributed by atoms with Crippen molar-refractivity contribution < 1.29 is 22.4 Å². The molecule has 0 unspecified atom stereocenters. The van der Waals surface area contributed by atoms with Gasteiger partial charge in [-0.3, -0.25) is 4.79 Å². The van der Waals surface area contributed by atoms with Crippen molar-refractivity contribution in [3.8, 4) is 11.5 Å². The second-order valence-electron chi connectivity index (χ2n) is 8.16. The van der Waals surface area contributed by atoms with Crippen molar-refractivity contribution in [2.24, 2.45) is 5.92 Å². The van der Waals surface area contributed by atoms with Gasteiger partial charge in [0.2, 0.25) is 17.7 Å². The van der Waals surface area contributed by atoms with Crippen LogP contribution in [-0.4, -0.2) is 40.6 Å². The molecule has 0 saturated carbocycles. The summed E-state index contributed by atoms with van der Waals surface area (Å²) < 4.78 is 46.7. The standard InChI is InChI=1S/C24H25F3N4O2/c1-2-3-9-30-13-18(14-30)24(32)31(20-6-4-5-19(26)11-20)15-17-8-7-16(10-21(17)27)23-29-28-22(12-25)33-23/h4-8,10-11,18H,2-3,9,12-15H2,1H3. The van der Waals surface area contributed by atoms with E-state index >= 15 is 0 Å². The highest BCUT2D eigenvalue weighted by atomic mass is 19.1. The minimum atomic E-state index is -0.907. The van der Waals surface area contributed by atoms with E-state index in [-0.39, 0.29) is 35.7 Å². The van der Waals surface area contributed by atoms with Crippen molar-refractivity contribution in [1.82, 2.24) is 15.1 Å². The molecule has 0 radical (unpaired) electrons. The summed E-state index contributed by atoms with van der Waals surface area (Å²) in [5.74, 6) is -1.62. The monoisotopic (exact) mass is 458 g/mol. The Labute approximate surface area is 190 Å². The highest BCUT2D eigenvalue weighted by Gasteiger charge is 2.35. The third-order valence-corrected chi connectivity index (χ3v) is 5.73. The van der Waals surface area contributed by atoms with Gasteiger partial charge in [-0.05, 0) is 43.3 Å². The summed E-state index contributed by atoms with van der Waals surface area (Å²) in [6, 6.07) is 10.0. The fourth-order valence-electron chi connectivity index (χ4n) is 3.85. The number of aromatic nitrogens is 2. The number of unbranched alkanes of at least 4 members (excludes halogenated alkanes) is 1. The Morgan fingerprint density at radius 3 is 2.67 bits per heavy atom. The number of anilines is 1. The molecule has 2 heterocycles. The minimum Gasteiger partial charge on any atom is -0.418 e. The summed E-state index contributed by atoms with van der Waals surface area (Å²) in [7, 11) is 0. The van der Waals surface area contributed by atoms with E-state index in [1.54, 1.807) is 12.1 Å². The molecule has 2 aromatic carbocycles. The number of halogens is 3. The van der Waals surface area contributed by atoms with Crippen LogP contribution >= 0.6 is 0 Å². The number of carbonyl (C=O) groups excluding carboxylic acids is 1. The first kappa shape index (κ1) is 23.0. The molecule has 1 aliphatic rings. The summed E-state index contributed by atoms with van der Waals surface area (Å²) in [4.78, 5) is 16.9. The molecule has 1 aliphatic heterocycles. The lowest BCUT2D eigenvalue weighted by molar-refractivity contribution is -0.127. The number of hydrogen-bond donors (Lipinski definition) is 0. The van der Waals surface area contributed by atoms with E-state index in [0.717, 1.165) is 19.4 Å². The van der Waals surface area contributed by atoms with Crippen molar-refractivity contribution in [1.29, 1.82) is 0 Å². The molecule has 0 atom stereocenters. The molecule has 1 fully saturated rings. The zero-order valence-corrected chi connectivity index (χ0v) is 18.3. The molecule has 0 spiro atoms. The predicted octanol–water partition coefficient (Wildman–Crippen LogP) is 4.75. The van der Waals surface area contributed by atoms with Gasteiger partial charge in [0.15, 0.2) is 6.67 Å². The summed E-state index contributed by atoms with van der Waals surface area (Å²) in [6.45, 7) is 3.37. The lowest BCUT2D eigenvalue weighted by Gasteiger charge is -2.40. The first-order chi connectivity index (χ1) is 16.0. The number of nitrogens with zero attached hydrogens (tertiary/aromatic N) is 4. The van der Waals surface area contributed by atoms with Gasteiger partial charge in [0.1, 0.15) is 11.6 Å². The van der Waals surface area contributed by atoms with Crippen LogP contribution in [0.5, 0.6) is 0 Å². The highest BCUT2D eigenvalue weighted by molar-refractivity contribution is 5.95. The van der Waals surface area contributed by atoms with Crippen molar-refractivity contribution in [2.45, 2.75) is 33.0 Å². The zero-order chi connectivity index (χ0) is 23.4. The minimum absolute atomic E-state index is 0.00722. The molecule has 1 aromatic heterocycles. The Balaban J connectivity index is 1.54. The third kappa shape index (κ3) is 5.24. The average molecular weight is 458 g/mol. The Hall–Kier alpha value is -3.20. The fourth-order valence-corrected chi connectivity index (χ4v) is 3.85. The van der Waals surface area contributed by atoms with E-state index < -0.39 is 18.3 Å². The first-order valence-electron chi connectivity index (χ1n) is 10.9. The first-order valence-corrected chi connectivity index (χ1v) is 10.9. The third-order valence-electron chi connectivity index (χ3n) is 5.73. The number of hydrogen-bond acceptors (Lipinski definition) is 5. The molecule has 0 aliphatic carbocycles. The van der Waals surface area contributed by atoms with Gasteiger partial charge in [-0.1, -0.05) is 25.5 Å². The van der Waals surface area contributed by atoms with Crippen molar-refractivity contribution in [3.63, 3.8) is 0 Å². The van der Waals surface area contributed by atoms with Crippen molar-refractivity contribution in [3.05, 3.63) is 65.6 Å². The molecular weight excluding hydrogens is 433 g/mol. The van der Waals surface area contributed by atoms with Crippen LogP contribution in [0.1, 0.15) is 31.2 Å². The molecule has 1 amide bonds. The average Bonchev–Trinajstić information content (AvgIpc) is 3.26. The molecular formula is C24H25F3N4O2. The Kier molecular flexibility index (Phi) is 7.08. The maximum absolute atomic E-state index is 15.0. The molecule has 174 valence electrons. The normalized spacial score (nSPS) is 14.3. The number of carbonyl (C=O) groups is 1. The molecule has 0 bridgehead atoms. The van der Waals surface area contributed by atoms with Gasteiger partial charge in [-0.25, -0.2) is 13.2 Å². The Bertz CT molecular complexity index is 1110. The number of likely N-dealkylation sites (tertiary alicyclic amines) is 1. The van der Waals surface area contributed by atoms with Gasteiger partial charge in [0.05, 0.1) is 12.5 Å². The summed E-state index contributed by atoms with van der Waals surface area (Å²) in [6.07, 6.45) is 2.15. The summed E-state index contributed by atoms with van der Waals surface area (Å²) in [5.41, 5.74) is 0.932. The van der Waals surface area contributed by atoms with Crippen LogP contribution in [0.15, 0.2) is 46.9 Å². The van der Waals surface area contributed by atoms with Gasteiger partial charge in [-0.15, -0.1) is 10.2 Å². The maximum Gasteiger partial charge on any atom is 0.247 e. The van der Waals surface area contributed by atoms with E-state index in [9.17, 15) is 18.0 Å². The number of amides is 1. The Morgan fingerprint density at radius 2 is 2.00 bits per heavy atom. The Morgan fingerprint density at radius 1 is 1.18 bits per heavy atom. The fraction of sp³-hybridized carbons (Fsp3) is 0.375. The summed E-state index contributed by atoms with van der Waals surface area (Å²) >= 11 is 0. The van der Waals surface area contributed by atoms with Crippen LogP contribution in [0.4, 0.5) is 18.9 Å². The quantitative estimate of drug-likeness (QED) is 0.463. The maximum atomic E-state index is 15.0. The van der Waals surface area contributed by atoms with Crippen molar-refractivity contribution >= 4 is 11.6 Å². The van der Waals surface area contributed by atoms with Crippen LogP contribution in [0.2, 0.25) is 0 Å². The second-order valence-corrected chi connectivity index (χ2v) is 8.16. The molecule has 3 aromatic rings. The van der Waals surface area contributed by atoms with Crippen LogP contribution < -0.4 is 4.90 Å². The van der Waals surface area contributed by atoms with Crippen molar-refractivity contribution in [2.75, 3.05) is 24.5 Å². The predicted molar refractivity (Wildman–Crippen MR) is 117 cm³/mol. The zero-order valence-electron chi connectivity index (χ0n) is 18.3. The number of rotatable bonds is 9.